The number of rotatable bonds is 5. The molecule has 0 aliphatic heterocycles. The first kappa shape index (κ1) is 12.8. The molecule has 1 aromatic heterocycles. The first-order chi connectivity index (χ1) is 7.56. The van der Waals surface area contributed by atoms with Crippen molar-refractivity contribution in [2.45, 2.75) is 13.8 Å². The smallest absolute Gasteiger partial charge is 0.0952 e. The highest BCUT2D eigenvalue weighted by Gasteiger charge is 2.13. The monoisotopic (exact) mass is 240 g/mol. The minimum Gasteiger partial charge on any atom is -0.387 e. The highest BCUT2D eigenvalue weighted by atomic mass is 35.5. The number of amidine groups is 1. The quantitative estimate of drug-likeness (QED) is 0.612. The fourth-order valence-corrected chi connectivity index (χ4v) is 1.69. The van der Waals surface area contributed by atoms with Gasteiger partial charge in [0.15, 0.2) is 0 Å². The van der Waals surface area contributed by atoms with Crippen molar-refractivity contribution in [3.05, 3.63) is 23.5 Å². The zero-order valence-electron chi connectivity index (χ0n) is 9.57. The molecule has 0 saturated heterocycles. The average molecular weight is 241 g/mol. The van der Waals surface area contributed by atoms with Gasteiger partial charge >= 0.3 is 0 Å². The number of aromatic nitrogens is 1. The summed E-state index contributed by atoms with van der Waals surface area (Å²) in [5.41, 5.74) is 6.40. The highest BCUT2D eigenvalue weighted by Crippen LogP contribution is 2.24. The molecule has 0 saturated carbocycles. The molecule has 1 heterocycles. The van der Waals surface area contributed by atoms with Gasteiger partial charge in [0, 0.05) is 31.4 Å². The molecule has 0 spiro atoms. The van der Waals surface area contributed by atoms with E-state index in [0.717, 1.165) is 12.2 Å². The zero-order valence-corrected chi connectivity index (χ0v) is 10.3. The number of nitrogens with zero attached hydrogens (tertiary/aromatic N) is 2. The van der Waals surface area contributed by atoms with Gasteiger partial charge in [-0.2, -0.15) is 0 Å². The van der Waals surface area contributed by atoms with Gasteiger partial charge in [-0.25, -0.2) is 0 Å². The number of hydrogen-bond acceptors (Lipinski definition) is 3. The van der Waals surface area contributed by atoms with Crippen LogP contribution in [0.3, 0.4) is 0 Å². The van der Waals surface area contributed by atoms with Gasteiger partial charge in [-0.3, -0.25) is 10.4 Å². The summed E-state index contributed by atoms with van der Waals surface area (Å²) >= 11 is 6.07. The van der Waals surface area contributed by atoms with Crippen LogP contribution in [0.4, 0.5) is 5.69 Å². The van der Waals surface area contributed by atoms with Crippen molar-refractivity contribution in [3.8, 4) is 0 Å². The highest BCUT2D eigenvalue weighted by molar-refractivity contribution is 6.33. The third-order valence-corrected chi connectivity index (χ3v) is 2.79. The third kappa shape index (κ3) is 3.10. The fraction of sp³-hybridized carbons (Fsp3) is 0.455. The van der Waals surface area contributed by atoms with E-state index in [1.807, 2.05) is 19.9 Å². The zero-order chi connectivity index (χ0) is 12.1. The summed E-state index contributed by atoms with van der Waals surface area (Å²) in [5, 5.41) is 8.02. The predicted molar refractivity (Wildman–Crippen MR) is 68.2 cm³/mol. The van der Waals surface area contributed by atoms with E-state index in [2.05, 4.69) is 9.88 Å². The summed E-state index contributed by atoms with van der Waals surface area (Å²) < 4.78 is 0. The summed E-state index contributed by atoms with van der Waals surface area (Å²) in [7, 11) is 0. The van der Waals surface area contributed by atoms with E-state index in [9.17, 15) is 0 Å². The second-order valence-corrected chi connectivity index (χ2v) is 4.13. The summed E-state index contributed by atoms with van der Waals surface area (Å²) in [6.07, 6.45) is 3.33. The minimum absolute atomic E-state index is 0.0178. The van der Waals surface area contributed by atoms with E-state index >= 15 is 0 Å². The summed E-state index contributed by atoms with van der Waals surface area (Å²) in [6.45, 7) is 5.49. The largest absolute Gasteiger partial charge is 0.387 e. The lowest BCUT2D eigenvalue weighted by atomic mass is 10.1. The average Bonchev–Trinajstić information content (AvgIpc) is 2.26. The van der Waals surface area contributed by atoms with Gasteiger partial charge in [0.1, 0.15) is 0 Å². The molecule has 1 aromatic rings. The van der Waals surface area contributed by atoms with E-state index in [4.69, 9.17) is 22.7 Å². The van der Waals surface area contributed by atoms with Crippen LogP contribution in [-0.4, -0.2) is 23.9 Å². The van der Waals surface area contributed by atoms with Crippen LogP contribution in [0.15, 0.2) is 18.5 Å². The molecule has 0 fully saturated rings. The number of anilines is 1. The topological polar surface area (TPSA) is 66.0 Å². The van der Waals surface area contributed by atoms with Gasteiger partial charge in [0.25, 0.3) is 0 Å². The Morgan fingerprint density at radius 3 is 2.88 bits per heavy atom. The standard InChI is InChI=1S/C11H17ClN4/c1-3-16(7-8(2)11(13)14)10-4-5-15-6-9(10)12/h4-6,8H,3,7H2,1-2H3,(H3,13,14). The van der Waals surface area contributed by atoms with Gasteiger partial charge in [-0.05, 0) is 13.0 Å². The molecule has 5 heteroatoms. The van der Waals surface area contributed by atoms with Crippen LogP contribution in [-0.2, 0) is 0 Å². The Hall–Kier alpha value is -1.29. The maximum absolute atomic E-state index is 7.39. The lowest BCUT2D eigenvalue weighted by Crippen LogP contribution is -2.34. The minimum atomic E-state index is 0.0178. The summed E-state index contributed by atoms with van der Waals surface area (Å²) in [5.74, 6) is 0.216. The first-order valence-corrected chi connectivity index (χ1v) is 5.62. The van der Waals surface area contributed by atoms with Crippen LogP contribution in [0.5, 0.6) is 0 Å². The van der Waals surface area contributed by atoms with Crippen molar-refractivity contribution in [1.29, 1.82) is 5.41 Å². The maximum Gasteiger partial charge on any atom is 0.0952 e. The number of hydrogen-bond donors (Lipinski definition) is 2. The Bertz CT molecular complexity index is 367. The Morgan fingerprint density at radius 1 is 1.69 bits per heavy atom. The Labute approximate surface area is 101 Å². The molecule has 0 aliphatic rings. The number of pyridine rings is 1. The molecular formula is C11H17ClN4. The van der Waals surface area contributed by atoms with Crippen molar-refractivity contribution >= 4 is 23.1 Å². The predicted octanol–water partition coefficient (Wildman–Crippen LogP) is 2.13. The number of nitrogens with two attached hydrogens (primary N) is 1. The van der Waals surface area contributed by atoms with Crippen LogP contribution in [0.25, 0.3) is 0 Å². The van der Waals surface area contributed by atoms with Crippen LogP contribution < -0.4 is 10.6 Å². The van der Waals surface area contributed by atoms with Crippen LogP contribution >= 0.6 is 11.6 Å². The molecule has 3 N–H and O–H groups in total. The van der Waals surface area contributed by atoms with Crippen LogP contribution in [0.1, 0.15) is 13.8 Å². The molecule has 1 unspecified atom stereocenters. The van der Waals surface area contributed by atoms with Crippen molar-refractivity contribution in [2.75, 3.05) is 18.0 Å². The molecule has 0 aliphatic carbocycles. The number of halogens is 1. The van der Waals surface area contributed by atoms with Crippen LogP contribution in [0.2, 0.25) is 5.02 Å². The van der Waals surface area contributed by atoms with Gasteiger partial charge in [0.2, 0.25) is 0 Å². The number of nitrogens with one attached hydrogen (secondary N) is 1. The molecule has 1 rings (SSSR count). The summed E-state index contributed by atoms with van der Waals surface area (Å²) in [4.78, 5) is 6.04. The van der Waals surface area contributed by atoms with Gasteiger partial charge < -0.3 is 10.6 Å². The second-order valence-electron chi connectivity index (χ2n) is 3.72. The first-order valence-electron chi connectivity index (χ1n) is 5.24. The fourth-order valence-electron chi connectivity index (χ4n) is 1.45. The normalized spacial score (nSPS) is 12.2. The van der Waals surface area contributed by atoms with E-state index in [1.54, 1.807) is 12.4 Å². The van der Waals surface area contributed by atoms with Crippen molar-refractivity contribution in [3.63, 3.8) is 0 Å². The van der Waals surface area contributed by atoms with Gasteiger partial charge in [-0.1, -0.05) is 18.5 Å². The molecule has 0 radical (unpaired) electrons. The Morgan fingerprint density at radius 2 is 2.38 bits per heavy atom. The molecule has 0 amide bonds. The summed E-state index contributed by atoms with van der Waals surface area (Å²) in [6, 6.07) is 1.87. The molecule has 88 valence electrons. The molecule has 4 nitrogen and oxygen atoms in total. The second kappa shape index (κ2) is 5.70. The van der Waals surface area contributed by atoms with E-state index in [1.165, 1.54) is 0 Å². The van der Waals surface area contributed by atoms with Crippen molar-refractivity contribution in [2.24, 2.45) is 11.7 Å². The molecule has 16 heavy (non-hydrogen) atoms. The molecular weight excluding hydrogens is 224 g/mol. The lowest BCUT2D eigenvalue weighted by molar-refractivity contribution is 0.697. The molecule has 0 aromatic carbocycles. The van der Waals surface area contributed by atoms with Crippen molar-refractivity contribution in [1.82, 2.24) is 4.98 Å². The Kier molecular flexibility index (Phi) is 4.55. The Balaban J connectivity index is 2.83. The molecule has 0 bridgehead atoms. The lowest BCUT2D eigenvalue weighted by Gasteiger charge is -2.26. The third-order valence-electron chi connectivity index (χ3n) is 2.50. The SMILES string of the molecule is CCN(CC(C)C(=N)N)c1ccncc1Cl. The van der Waals surface area contributed by atoms with Crippen LogP contribution in [0, 0.1) is 11.3 Å². The molecule has 1 atom stereocenters. The van der Waals surface area contributed by atoms with Crippen molar-refractivity contribution < 1.29 is 0 Å². The van der Waals surface area contributed by atoms with Gasteiger partial charge in [-0.15, -0.1) is 0 Å². The maximum atomic E-state index is 7.39. The van der Waals surface area contributed by atoms with Gasteiger partial charge in [0.05, 0.1) is 16.5 Å². The van der Waals surface area contributed by atoms with E-state index in [0.29, 0.717) is 11.6 Å². The van der Waals surface area contributed by atoms with E-state index < -0.39 is 0 Å². The van der Waals surface area contributed by atoms with E-state index in [-0.39, 0.29) is 11.8 Å².